The summed E-state index contributed by atoms with van der Waals surface area (Å²) < 4.78 is 10.5. The first-order chi connectivity index (χ1) is 10.4. The minimum atomic E-state index is -0.239. The summed E-state index contributed by atoms with van der Waals surface area (Å²) in [4.78, 5) is 18.1. The topological polar surface area (TPSA) is 63.7 Å². The minimum absolute atomic E-state index is 0.103. The fourth-order valence-corrected chi connectivity index (χ4v) is 2.68. The van der Waals surface area contributed by atoms with Gasteiger partial charge in [-0.1, -0.05) is 0 Å². The van der Waals surface area contributed by atoms with E-state index in [1.807, 2.05) is 13.2 Å². The Hall–Kier alpha value is -1.66. The number of nitrogens with one attached hydrogen (secondary N) is 1. The second-order valence-corrected chi connectivity index (χ2v) is 6.13. The number of methoxy groups -OCH3 is 1. The molecule has 6 nitrogen and oxygen atoms in total. The number of pyridine rings is 1. The second-order valence-electron chi connectivity index (χ2n) is 6.13. The van der Waals surface area contributed by atoms with E-state index in [-0.39, 0.29) is 24.0 Å². The molecule has 22 heavy (non-hydrogen) atoms. The van der Waals surface area contributed by atoms with Crippen LogP contribution in [0.3, 0.4) is 0 Å². The first-order valence-corrected chi connectivity index (χ1v) is 7.53. The molecule has 1 atom stereocenters. The highest BCUT2D eigenvalue weighted by molar-refractivity contribution is 5.70. The van der Waals surface area contributed by atoms with Crippen molar-refractivity contribution in [2.75, 3.05) is 38.8 Å². The van der Waals surface area contributed by atoms with Crippen LogP contribution in [0.4, 0.5) is 5.69 Å². The Morgan fingerprint density at radius 2 is 2.32 bits per heavy atom. The number of hydrogen-bond donors (Lipinski definition) is 1. The van der Waals surface area contributed by atoms with Gasteiger partial charge in [-0.05, 0) is 32.5 Å². The third kappa shape index (κ3) is 4.18. The van der Waals surface area contributed by atoms with Gasteiger partial charge in [-0.2, -0.15) is 0 Å². The lowest BCUT2D eigenvalue weighted by atomic mass is 10.0. The van der Waals surface area contributed by atoms with Crippen molar-refractivity contribution in [2.45, 2.75) is 31.9 Å². The maximum absolute atomic E-state index is 11.5. The Morgan fingerprint density at radius 3 is 2.95 bits per heavy atom. The highest BCUT2D eigenvalue weighted by Gasteiger charge is 2.28. The van der Waals surface area contributed by atoms with E-state index in [2.05, 4.69) is 35.1 Å². The lowest BCUT2D eigenvalue weighted by molar-refractivity contribution is -0.141. The molecule has 6 heteroatoms. The van der Waals surface area contributed by atoms with Crippen molar-refractivity contribution in [1.29, 1.82) is 0 Å². The van der Waals surface area contributed by atoms with Gasteiger partial charge in [0.1, 0.15) is 0 Å². The maximum atomic E-state index is 11.5. The van der Waals surface area contributed by atoms with E-state index >= 15 is 0 Å². The Labute approximate surface area is 131 Å². The molecule has 0 unspecified atom stereocenters. The highest BCUT2D eigenvalue weighted by atomic mass is 16.5. The summed E-state index contributed by atoms with van der Waals surface area (Å²) in [6.07, 6.45) is 3.93. The van der Waals surface area contributed by atoms with E-state index < -0.39 is 0 Å². The lowest BCUT2D eigenvalue weighted by Gasteiger charge is -2.39. The zero-order chi connectivity index (χ0) is 16.2. The zero-order valence-electron chi connectivity index (χ0n) is 13.8. The summed E-state index contributed by atoms with van der Waals surface area (Å²) in [6.45, 7) is 6.54. The van der Waals surface area contributed by atoms with Crippen molar-refractivity contribution in [3.63, 3.8) is 0 Å². The Kier molecular flexibility index (Phi) is 5.37. The van der Waals surface area contributed by atoms with E-state index in [0.29, 0.717) is 6.61 Å². The first kappa shape index (κ1) is 16.7. The van der Waals surface area contributed by atoms with Crippen molar-refractivity contribution in [3.8, 4) is 0 Å². The van der Waals surface area contributed by atoms with Crippen LogP contribution < -0.4 is 10.2 Å². The predicted molar refractivity (Wildman–Crippen MR) is 84.9 cm³/mol. The molecule has 0 bridgehead atoms. The summed E-state index contributed by atoms with van der Waals surface area (Å²) >= 11 is 0. The van der Waals surface area contributed by atoms with E-state index in [1.54, 1.807) is 6.20 Å². The third-order valence-electron chi connectivity index (χ3n) is 3.89. The van der Waals surface area contributed by atoms with E-state index in [0.717, 1.165) is 24.3 Å². The van der Waals surface area contributed by atoms with Gasteiger partial charge in [0.15, 0.2) is 0 Å². The number of aromatic nitrogens is 1. The van der Waals surface area contributed by atoms with Crippen LogP contribution in [-0.2, 0) is 14.3 Å². The maximum Gasteiger partial charge on any atom is 0.307 e. The summed E-state index contributed by atoms with van der Waals surface area (Å²) in [5, 5.41) is 3.15. The van der Waals surface area contributed by atoms with Gasteiger partial charge < -0.3 is 19.7 Å². The number of anilines is 1. The minimum Gasteiger partial charge on any atom is -0.469 e. The molecule has 1 aromatic heterocycles. The zero-order valence-corrected chi connectivity index (χ0v) is 13.8. The molecule has 1 N–H and O–H groups in total. The molecular formula is C16H25N3O3. The quantitative estimate of drug-likeness (QED) is 0.832. The second kappa shape index (κ2) is 7.07. The van der Waals surface area contributed by atoms with Gasteiger partial charge in [-0.25, -0.2) is 0 Å². The molecule has 1 fully saturated rings. The number of esters is 1. The van der Waals surface area contributed by atoms with Gasteiger partial charge in [-0.3, -0.25) is 9.78 Å². The fourth-order valence-electron chi connectivity index (χ4n) is 2.68. The number of nitrogens with zero attached hydrogens (tertiary/aromatic N) is 2. The standard InChI is InChI=1S/C16H25N3O3/c1-16(2)11-19(5-6-22-16)13-7-12(9-18-10-13)14(17-3)8-15(20)21-4/h7,9-10,14,17H,5-6,8,11H2,1-4H3/t14-/m0/s1. The number of rotatable bonds is 5. The first-order valence-electron chi connectivity index (χ1n) is 7.53. The summed E-state index contributed by atoms with van der Waals surface area (Å²) in [7, 11) is 3.23. The average Bonchev–Trinajstić information content (AvgIpc) is 2.51. The molecule has 0 radical (unpaired) electrons. The van der Waals surface area contributed by atoms with Crippen LogP contribution >= 0.6 is 0 Å². The van der Waals surface area contributed by atoms with Gasteiger partial charge in [0, 0.05) is 25.3 Å². The predicted octanol–water partition coefficient (Wildman–Crippen LogP) is 1.52. The van der Waals surface area contributed by atoms with E-state index in [4.69, 9.17) is 9.47 Å². The van der Waals surface area contributed by atoms with Crippen molar-refractivity contribution < 1.29 is 14.3 Å². The lowest BCUT2D eigenvalue weighted by Crippen LogP contribution is -2.48. The normalized spacial score (nSPS) is 18.8. The van der Waals surface area contributed by atoms with Crippen LogP contribution in [0, 0.1) is 0 Å². The van der Waals surface area contributed by atoms with Gasteiger partial charge in [-0.15, -0.1) is 0 Å². The molecule has 0 spiro atoms. The van der Waals surface area contributed by atoms with Crippen molar-refractivity contribution in [3.05, 3.63) is 24.0 Å². The number of ether oxygens (including phenoxy) is 2. The molecule has 0 aromatic carbocycles. The molecule has 1 aromatic rings. The van der Waals surface area contributed by atoms with Crippen molar-refractivity contribution in [2.24, 2.45) is 0 Å². The molecule has 2 heterocycles. The summed E-state index contributed by atoms with van der Waals surface area (Å²) in [5.41, 5.74) is 1.87. The molecule has 0 aliphatic carbocycles. The van der Waals surface area contributed by atoms with Crippen LogP contribution in [0.5, 0.6) is 0 Å². The highest BCUT2D eigenvalue weighted by Crippen LogP contribution is 2.25. The smallest absolute Gasteiger partial charge is 0.307 e. The molecular weight excluding hydrogens is 282 g/mol. The summed E-state index contributed by atoms with van der Waals surface area (Å²) in [6, 6.07) is 1.98. The van der Waals surface area contributed by atoms with Crippen molar-refractivity contribution in [1.82, 2.24) is 10.3 Å². The van der Waals surface area contributed by atoms with Crippen molar-refractivity contribution >= 4 is 11.7 Å². The molecule has 1 aliphatic rings. The number of morpholine rings is 1. The van der Waals surface area contributed by atoms with Crippen LogP contribution in [0.1, 0.15) is 31.9 Å². The van der Waals surface area contributed by atoms with Gasteiger partial charge in [0.05, 0.1) is 37.6 Å². The van der Waals surface area contributed by atoms with Crippen LogP contribution in [0.2, 0.25) is 0 Å². The van der Waals surface area contributed by atoms with E-state index in [1.165, 1.54) is 7.11 Å². The Balaban J connectivity index is 2.16. The third-order valence-corrected chi connectivity index (χ3v) is 3.89. The molecule has 1 saturated heterocycles. The van der Waals surface area contributed by atoms with Gasteiger partial charge >= 0.3 is 5.97 Å². The molecule has 2 rings (SSSR count). The number of carbonyl (C=O) groups excluding carboxylic acids is 1. The van der Waals surface area contributed by atoms with Gasteiger partial charge in [0.25, 0.3) is 0 Å². The SMILES string of the molecule is CN[C@@H](CC(=O)OC)c1cncc(N2CCOC(C)(C)C2)c1. The van der Waals surface area contributed by atoms with Gasteiger partial charge in [0.2, 0.25) is 0 Å². The Morgan fingerprint density at radius 1 is 1.55 bits per heavy atom. The number of carbonyl (C=O) groups is 1. The monoisotopic (exact) mass is 307 g/mol. The molecule has 1 aliphatic heterocycles. The van der Waals surface area contributed by atoms with Crippen LogP contribution in [0.25, 0.3) is 0 Å². The molecule has 122 valence electrons. The van der Waals surface area contributed by atoms with Crippen LogP contribution in [-0.4, -0.2) is 50.4 Å². The number of hydrogen-bond acceptors (Lipinski definition) is 6. The Bertz CT molecular complexity index is 519. The fraction of sp³-hybridized carbons (Fsp3) is 0.625. The largest absolute Gasteiger partial charge is 0.469 e. The van der Waals surface area contributed by atoms with E-state index in [9.17, 15) is 4.79 Å². The summed E-state index contributed by atoms with van der Waals surface area (Å²) in [5.74, 6) is -0.239. The van der Waals surface area contributed by atoms with Crippen LogP contribution in [0.15, 0.2) is 18.5 Å². The molecule has 0 saturated carbocycles. The average molecular weight is 307 g/mol. The molecule has 0 amide bonds.